The van der Waals surface area contributed by atoms with Crippen LogP contribution in [0, 0.1) is 11.3 Å². The van der Waals surface area contributed by atoms with Gasteiger partial charge in [-0.2, -0.15) is 0 Å². The van der Waals surface area contributed by atoms with Gasteiger partial charge in [0.05, 0.1) is 12.7 Å². The van der Waals surface area contributed by atoms with Crippen LogP contribution in [0.1, 0.15) is 25.7 Å². The van der Waals surface area contributed by atoms with Gasteiger partial charge >= 0.3 is 0 Å². The summed E-state index contributed by atoms with van der Waals surface area (Å²) in [6.45, 7) is 2.43. The lowest BCUT2D eigenvalue weighted by Gasteiger charge is -2.45. The first-order valence-electron chi connectivity index (χ1n) is 7.23. The van der Waals surface area contributed by atoms with Crippen LogP contribution in [0.25, 0.3) is 0 Å². The number of amides is 1. The SMILES string of the molecule is COC[C@]12CCO[C@H]1CCN(C(=O)C1CC(F)(F)C1)C2. The molecule has 0 bridgehead atoms. The monoisotopic (exact) mass is 289 g/mol. The van der Waals surface area contributed by atoms with Crippen LogP contribution in [0.2, 0.25) is 0 Å². The molecule has 0 aromatic heterocycles. The van der Waals surface area contributed by atoms with E-state index in [1.54, 1.807) is 12.0 Å². The molecule has 2 heterocycles. The Hall–Kier alpha value is -0.750. The van der Waals surface area contributed by atoms with Crippen molar-refractivity contribution in [2.45, 2.75) is 37.7 Å². The van der Waals surface area contributed by atoms with Crippen LogP contribution in [0.3, 0.4) is 0 Å². The third kappa shape index (κ3) is 2.33. The summed E-state index contributed by atoms with van der Waals surface area (Å²) in [5.41, 5.74) is -0.144. The summed E-state index contributed by atoms with van der Waals surface area (Å²) in [5.74, 6) is -3.25. The molecular formula is C14H21F2NO3. The summed E-state index contributed by atoms with van der Waals surface area (Å²) in [6, 6.07) is 0. The lowest BCUT2D eigenvalue weighted by atomic mass is 9.75. The number of nitrogens with zero attached hydrogens (tertiary/aromatic N) is 1. The van der Waals surface area contributed by atoms with Gasteiger partial charge in [-0.3, -0.25) is 4.79 Å². The number of halogens is 2. The number of hydrogen-bond acceptors (Lipinski definition) is 3. The molecule has 0 N–H and O–H groups in total. The second-order valence-corrected chi connectivity index (χ2v) is 6.41. The molecule has 0 aromatic carbocycles. The van der Waals surface area contributed by atoms with E-state index < -0.39 is 11.8 Å². The predicted molar refractivity (Wildman–Crippen MR) is 67.5 cm³/mol. The molecule has 3 fully saturated rings. The van der Waals surface area contributed by atoms with Gasteiger partial charge in [0.2, 0.25) is 11.8 Å². The highest BCUT2D eigenvalue weighted by Crippen LogP contribution is 2.45. The van der Waals surface area contributed by atoms with Crippen LogP contribution >= 0.6 is 0 Å². The van der Waals surface area contributed by atoms with Crippen molar-refractivity contribution in [3.8, 4) is 0 Å². The van der Waals surface area contributed by atoms with Gasteiger partial charge in [-0.1, -0.05) is 0 Å². The van der Waals surface area contributed by atoms with Gasteiger partial charge in [-0.05, 0) is 12.8 Å². The molecule has 1 aliphatic carbocycles. The molecule has 0 radical (unpaired) electrons. The lowest BCUT2D eigenvalue weighted by Crippen LogP contribution is -2.56. The van der Waals surface area contributed by atoms with Gasteiger partial charge in [0.15, 0.2) is 0 Å². The van der Waals surface area contributed by atoms with E-state index in [0.29, 0.717) is 26.3 Å². The maximum Gasteiger partial charge on any atom is 0.249 e. The minimum absolute atomic E-state index is 0.114. The Morgan fingerprint density at radius 3 is 2.85 bits per heavy atom. The molecule has 1 amide bonds. The summed E-state index contributed by atoms with van der Waals surface area (Å²) in [5, 5.41) is 0. The Labute approximate surface area is 117 Å². The third-order valence-electron chi connectivity index (χ3n) is 4.95. The number of alkyl halides is 2. The van der Waals surface area contributed by atoms with E-state index in [1.807, 2.05) is 0 Å². The number of carbonyl (C=O) groups is 1. The summed E-state index contributed by atoms with van der Waals surface area (Å²) in [6.07, 6.45) is 1.20. The van der Waals surface area contributed by atoms with Gasteiger partial charge in [0, 0.05) is 51.0 Å². The molecule has 0 aromatic rings. The molecule has 3 aliphatic rings. The molecule has 2 saturated heterocycles. The summed E-state index contributed by atoms with van der Waals surface area (Å²) >= 11 is 0. The quantitative estimate of drug-likeness (QED) is 0.793. The van der Waals surface area contributed by atoms with Crippen LogP contribution in [0.15, 0.2) is 0 Å². The highest BCUT2D eigenvalue weighted by Gasteiger charge is 2.53. The largest absolute Gasteiger partial charge is 0.384 e. The van der Waals surface area contributed by atoms with Gasteiger partial charge in [-0.25, -0.2) is 8.78 Å². The fourth-order valence-electron chi connectivity index (χ4n) is 3.83. The molecule has 2 aliphatic heterocycles. The normalized spacial score (nSPS) is 36.5. The average Bonchev–Trinajstić information content (AvgIpc) is 2.77. The Bertz CT molecular complexity index is 396. The number of piperidine rings is 1. The maximum atomic E-state index is 12.9. The molecule has 6 heteroatoms. The van der Waals surface area contributed by atoms with Crippen molar-refractivity contribution in [3.63, 3.8) is 0 Å². The minimum Gasteiger partial charge on any atom is -0.384 e. The number of carbonyl (C=O) groups excluding carboxylic acids is 1. The van der Waals surface area contributed by atoms with Crippen LogP contribution < -0.4 is 0 Å². The van der Waals surface area contributed by atoms with Crippen LogP contribution in [-0.4, -0.2) is 56.2 Å². The molecule has 0 unspecified atom stereocenters. The van der Waals surface area contributed by atoms with E-state index in [1.165, 1.54) is 0 Å². The molecule has 1 saturated carbocycles. The topological polar surface area (TPSA) is 38.8 Å². The second kappa shape index (κ2) is 4.91. The molecule has 4 nitrogen and oxygen atoms in total. The lowest BCUT2D eigenvalue weighted by molar-refractivity contribution is -0.165. The van der Waals surface area contributed by atoms with Gasteiger partial charge in [0.1, 0.15) is 0 Å². The zero-order chi connectivity index (χ0) is 14.4. The van der Waals surface area contributed by atoms with Crippen molar-refractivity contribution in [1.82, 2.24) is 4.90 Å². The zero-order valence-corrected chi connectivity index (χ0v) is 11.7. The minimum atomic E-state index is -2.64. The Balaban J connectivity index is 1.65. The standard InChI is InChI=1S/C14H21F2NO3/c1-19-9-13-3-5-20-11(13)2-4-17(8-13)12(18)10-6-14(15,16)7-10/h10-11H,2-9H2,1H3/t11-,13+/m0/s1. The van der Waals surface area contributed by atoms with Crippen molar-refractivity contribution >= 4 is 5.91 Å². The van der Waals surface area contributed by atoms with Crippen LogP contribution in [-0.2, 0) is 14.3 Å². The van der Waals surface area contributed by atoms with Crippen molar-refractivity contribution in [2.75, 3.05) is 33.4 Å². The zero-order valence-electron chi connectivity index (χ0n) is 11.7. The smallest absolute Gasteiger partial charge is 0.249 e. The number of fused-ring (bicyclic) bond motifs is 1. The number of ether oxygens (including phenoxy) is 2. The Kier molecular flexibility index (Phi) is 3.49. The van der Waals surface area contributed by atoms with Gasteiger partial charge in [-0.15, -0.1) is 0 Å². The summed E-state index contributed by atoms with van der Waals surface area (Å²) in [7, 11) is 1.65. The second-order valence-electron chi connectivity index (χ2n) is 6.41. The average molecular weight is 289 g/mol. The van der Waals surface area contributed by atoms with E-state index in [2.05, 4.69) is 0 Å². The van der Waals surface area contributed by atoms with E-state index in [-0.39, 0.29) is 30.3 Å². The molecule has 3 rings (SSSR count). The highest BCUT2D eigenvalue weighted by molar-refractivity contribution is 5.80. The number of likely N-dealkylation sites (tertiary alicyclic amines) is 1. The number of rotatable bonds is 3. The number of hydrogen-bond donors (Lipinski definition) is 0. The third-order valence-corrected chi connectivity index (χ3v) is 4.95. The predicted octanol–water partition coefficient (Wildman–Crippen LogP) is 1.69. The van der Waals surface area contributed by atoms with Crippen molar-refractivity contribution < 1.29 is 23.0 Å². The molecule has 20 heavy (non-hydrogen) atoms. The molecular weight excluding hydrogens is 268 g/mol. The van der Waals surface area contributed by atoms with Crippen molar-refractivity contribution in [3.05, 3.63) is 0 Å². The van der Waals surface area contributed by atoms with Crippen molar-refractivity contribution in [1.29, 1.82) is 0 Å². The molecule has 0 spiro atoms. The fourth-order valence-corrected chi connectivity index (χ4v) is 3.83. The first kappa shape index (κ1) is 14.2. The van der Waals surface area contributed by atoms with Gasteiger partial charge < -0.3 is 14.4 Å². The van der Waals surface area contributed by atoms with E-state index in [4.69, 9.17) is 9.47 Å². The van der Waals surface area contributed by atoms with E-state index in [0.717, 1.165) is 12.8 Å². The van der Waals surface area contributed by atoms with E-state index in [9.17, 15) is 13.6 Å². The van der Waals surface area contributed by atoms with Crippen LogP contribution in [0.4, 0.5) is 8.78 Å². The van der Waals surface area contributed by atoms with E-state index >= 15 is 0 Å². The summed E-state index contributed by atoms with van der Waals surface area (Å²) in [4.78, 5) is 14.1. The van der Waals surface area contributed by atoms with Crippen molar-refractivity contribution in [2.24, 2.45) is 11.3 Å². The number of methoxy groups -OCH3 is 1. The highest BCUT2D eigenvalue weighted by atomic mass is 19.3. The summed E-state index contributed by atoms with van der Waals surface area (Å²) < 4.78 is 36.9. The van der Waals surface area contributed by atoms with Crippen LogP contribution in [0.5, 0.6) is 0 Å². The first-order valence-corrected chi connectivity index (χ1v) is 7.23. The Morgan fingerprint density at radius 1 is 1.45 bits per heavy atom. The maximum absolute atomic E-state index is 12.9. The molecule has 114 valence electrons. The van der Waals surface area contributed by atoms with Gasteiger partial charge in [0.25, 0.3) is 0 Å². The fraction of sp³-hybridized carbons (Fsp3) is 0.929. The first-order chi connectivity index (χ1) is 9.46. The Morgan fingerprint density at radius 2 is 2.20 bits per heavy atom. The molecule has 2 atom stereocenters.